The maximum Gasteiger partial charge on any atom is 0.0534 e. The summed E-state index contributed by atoms with van der Waals surface area (Å²) in [5.41, 5.74) is 2.71. The third-order valence-electron chi connectivity index (χ3n) is 3.01. The molecule has 17 heavy (non-hydrogen) atoms. The van der Waals surface area contributed by atoms with Crippen molar-refractivity contribution >= 4 is 0 Å². The van der Waals surface area contributed by atoms with Gasteiger partial charge in [-0.25, -0.2) is 0 Å². The van der Waals surface area contributed by atoms with E-state index in [1.165, 1.54) is 11.1 Å². The van der Waals surface area contributed by atoms with Crippen molar-refractivity contribution in [2.24, 2.45) is 0 Å². The molecule has 0 bridgehead atoms. The van der Waals surface area contributed by atoms with E-state index in [1.807, 2.05) is 23.1 Å². The van der Waals surface area contributed by atoms with Crippen LogP contribution in [0.5, 0.6) is 0 Å². The second-order valence-electron chi connectivity index (χ2n) is 4.30. The Morgan fingerprint density at radius 1 is 1.29 bits per heavy atom. The molecule has 1 aromatic carbocycles. The second kappa shape index (κ2) is 5.64. The normalized spacial score (nSPS) is 12.6. The highest BCUT2D eigenvalue weighted by molar-refractivity contribution is 5.28. The molecule has 0 unspecified atom stereocenters. The molecular formula is C14H19N3. The standard InChI is InChI=1S/C14H19N3/c1-12-6-3-4-7-14(12)13(2)15-9-11-17-10-5-8-16-17/h3-8,10,13,15H,9,11H2,1-2H3/t13-/m0/s1. The Hall–Kier alpha value is -1.61. The summed E-state index contributed by atoms with van der Waals surface area (Å²) < 4.78 is 1.94. The van der Waals surface area contributed by atoms with E-state index in [2.05, 4.69) is 48.5 Å². The van der Waals surface area contributed by atoms with E-state index in [0.717, 1.165) is 13.1 Å². The van der Waals surface area contributed by atoms with E-state index in [-0.39, 0.29) is 0 Å². The Labute approximate surface area is 102 Å². The SMILES string of the molecule is Cc1ccccc1[C@H](C)NCCn1cccn1. The predicted octanol–water partition coefficient (Wildman–Crippen LogP) is 2.54. The van der Waals surface area contributed by atoms with E-state index in [4.69, 9.17) is 0 Å². The molecular weight excluding hydrogens is 210 g/mol. The van der Waals surface area contributed by atoms with Gasteiger partial charge in [0.2, 0.25) is 0 Å². The number of aryl methyl sites for hydroxylation is 1. The van der Waals surface area contributed by atoms with Crippen LogP contribution in [0.3, 0.4) is 0 Å². The van der Waals surface area contributed by atoms with Gasteiger partial charge in [0.15, 0.2) is 0 Å². The van der Waals surface area contributed by atoms with Crippen LogP contribution in [0.4, 0.5) is 0 Å². The zero-order chi connectivity index (χ0) is 12.1. The lowest BCUT2D eigenvalue weighted by molar-refractivity contribution is 0.506. The first kappa shape index (κ1) is 11.9. The van der Waals surface area contributed by atoms with Crippen LogP contribution in [0.2, 0.25) is 0 Å². The summed E-state index contributed by atoms with van der Waals surface area (Å²) in [6.45, 7) is 6.19. The number of benzene rings is 1. The lowest BCUT2D eigenvalue weighted by Crippen LogP contribution is -2.24. The molecule has 0 aliphatic heterocycles. The van der Waals surface area contributed by atoms with Crippen LogP contribution in [0.25, 0.3) is 0 Å². The van der Waals surface area contributed by atoms with Crippen molar-refractivity contribution in [3.63, 3.8) is 0 Å². The van der Waals surface area contributed by atoms with Gasteiger partial charge >= 0.3 is 0 Å². The van der Waals surface area contributed by atoms with Gasteiger partial charge in [0.25, 0.3) is 0 Å². The first-order chi connectivity index (χ1) is 8.27. The maximum atomic E-state index is 4.18. The van der Waals surface area contributed by atoms with Crippen LogP contribution < -0.4 is 5.32 Å². The summed E-state index contributed by atoms with van der Waals surface area (Å²) >= 11 is 0. The number of hydrogen-bond acceptors (Lipinski definition) is 2. The predicted molar refractivity (Wildman–Crippen MR) is 69.8 cm³/mol. The van der Waals surface area contributed by atoms with E-state index in [1.54, 1.807) is 0 Å². The molecule has 90 valence electrons. The molecule has 2 aromatic rings. The molecule has 3 nitrogen and oxygen atoms in total. The van der Waals surface area contributed by atoms with Crippen LogP contribution in [0.1, 0.15) is 24.1 Å². The van der Waals surface area contributed by atoms with Crippen LogP contribution in [0, 0.1) is 6.92 Å². The largest absolute Gasteiger partial charge is 0.308 e. The Balaban J connectivity index is 1.85. The Bertz CT molecular complexity index is 448. The average molecular weight is 229 g/mol. The van der Waals surface area contributed by atoms with E-state index < -0.39 is 0 Å². The van der Waals surface area contributed by atoms with Gasteiger partial charge in [0.05, 0.1) is 6.54 Å². The third kappa shape index (κ3) is 3.17. The monoisotopic (exact) mass is 229 g/mol. The number of hydrogen-bond donors (Lipinski definition) is 1. The molecule has 0 saturated carbocycles. The molecule has 0 amide bonds. The van der Waals surface area contributed by atoms with Gasteiger partial charge in [-0.15, -0.1) is 0 Å². The molecule has 0 saturated heterocycles. The van der Waals surface area contributed by atoms with Gasteiger partial charge in [-0.2, -0.15) is 5.10 Å². The molecule has 0 aliphatic rings. The average Bonchev–Trinajstić information content (AvgIpc) is 2.82. The van der Waals surface area contributed by atoms with Crippen LogP contribution in [-0.2, 0) is 6.54 Å². The fourth-order valence-electron chi connectivity index (χ4n) is 2.01. The fraction of sp³-hybridized carbons (Fsp3) is 0.357. The number of nitrogens with one attached hydrogen (secondary N) is 1. The van der Waals surface area contributed by atoms with Crippen molar-refractivity contribution in [2.75, 3.05) is 6.54 Å². The van der Waals surface area contributed by atoms with Crippen molar-refractivity contribution in [3.8, 4) is 0 Å². The zero-order valence-corrected chi connectivity index (χ0v) is 10.4. The molecule has 0 radical (unpaired) electrons. The van der Waals surface area contributed by atoms with E-state index in [0.29, 0.717) is 6.04 Å². The van der Waals surface area contributed by atoms with Gasteiger partial charge in [-0.05, 0) is 31.0 Å². The van der Waals surface area contributed by atoms with Gasteiger partial charge in [0.1, 0.15) is 0 Å². The van der Waals surface area contributed by atoms with Crippen molar-refractivity contribution in [1.29, 1.82) is 0 Å². The van der Waals surface area contributed by atoms with Crippen LogP contribution in [-0.4, -0.2) is 16.3 Å². The summed E-state index contributed by atoms with van der Waals surface area (Å²) in [4.78, 5) is 0. The van der Waals surface area contributed by atoms with Crippen molar-refractivity contribution in [3.05, 3.63) is 53.9 Å². The van der Waals surface area contributed by atoms with Gasteiger partial charge < -0.3 is 5.32 Å². The first-order valence-electron chi connectivity index (χ1n) is 6.03. The highest BCUT2D eigenvalue weighted by atomic mass is 15.3. The molecule has 1 heterocycles. The van der Waals surface area contributed by atoms with Gasteiger partial charge in [0, 0.05) is 25.0 Å². The maximum absolute atomic E-state index is 4.18. The molecule has 0 fully saturated rings. The highest BCUT2D eigenvalue weighted by Crippen LogP contribution is 2.16. The van der Waals surface area contributed by atoms with Crippen molar-refractivity contribution in [2.45, 2.75) is 26.4 Å². The molecule has 1 N–H and O–H groups in total. The van der Waals surface area contributed by atoms with Gasteiger partial charge in [-0.1, -0.05) is 24.3 Å². The number of nitrogens with zero attached hydrogens (tertiary/aromatic N) is 2. The quantitative estimate of drug-likeness (QED) is 0.854. The molecule has 2 rings (SSSR count). The fourth-order valence-corrected chi connectivity index (χ4v) is 2.01. The Kier molecular flexibility index (Phi) is 3.94. The van der Waals surface area contributed by atoms with E-state index in [9.17, 15) is 0 Å². The smallest absolute Gasteiger partial charge is 0.0534 e. The number of rotatable bonds is 5. The minimum absolute atomic E-state index is 0.381. The molecule has 1 atom stereocenters. The van der Waals surface area contributed by atoms with Crippen LogP contribution in [0.15, 0.2) is 42.7 Å². The van der Waals surface area contributed by atoms with Crippen LogP contribution >= 0.6 is 0 Å². The summed E-state index contributed by atoms with van der Waals surface area (Å²) in [5.74, 6) is 0. The highest BCUT2D eigenvalue weighted by Gasteiger charge is 2.06. The minimum atomic E-state index is 0.381. The molecule has 3 heteroatoms. The molecule has 0 spiro atoms. The second-order valence-corrected chi connectivity index (χ2v) is 4.30. The Morgan fingerprint density at radius 2 is 2.12 bits per heavy atom. The summed E-state index contributed by atoms with van der Waals surface area (Å²) in [6.07, 6.45) is 3.80. The summed E-state index contributed by atoms with van der Waals surface area (Å²) in [6, 6.07) is 10.8. The zero-order valence-electron chi connectivity index (χ0n) is 10.4. The lowest BCUT2D eigenvalue weighted by atomic mass is 10.0. The number of aromatic nitrogens is 2. The molecule has 1 aromatic heterocycles. The topological polar surface area (TPSA) is 29.9 Å². The lowest BCUT2D eigenvalue weighted by Gasteiger charge is -2.16. The van der Waals surface area contributed by atoms with Crippen molar-refractivity contribution < 1.29 is 0 Å². The minimum Gasteiger partial charge on any atom is -0.308 e. The summed E-state index contributed by atoms with van der Waals surface area (Å²) in [5, 5.41) is 7.70. The molecule has 0 aliphatic carbocycles. The first-order valence-corrected chi connectivity index (χ1v) is 6.03. The third-order valence-corrected chi connectivity index (χ3v) is 3.01. The van der Waals surface area contributed by atoms with Gasteiger partial charge in [-0.3, -0.25) is 4.68 Å². The van der Waals surface area contributed by atoms with Crippen molar-refractivity contribution in [1.82, 2.24) is 15.1 Å². The summed E-state index contributed by atoms with van der Waals surface area (Å²) in [7, 11) is 0. The Morgan fingerprint density at radius 3 is 2.82 bits per heavy atom. The van der Waals surface area contributed by atoms with E-state index >= 15 is 0 Å².